The van der Waals surface area contributed by atoms with Gasteiger partial charge in [-0.3, -0.25) is 4.98 Å². The highest BCUT2D eigenvalue weighted by atomic mass is 16.3. The number of aromatic nitrogens is 2. The number of rotatable bonds is 5. The van der Waals surface area contributed by atoms with Gasteiger partial charge in [-0.15, -0.1) is 0 Å². The lowest BCUT2D eigenvalue weighted by molar-refractivity contribution is 0.276. The molecule has 3 N–H and O–H groups in total. The van der Waals surface area contributed by atoms with Crippen molar-refractivity contribution in [3.05, 3.63) is 84.8 Å². The summed E-state index contributed by atoms with van der Waals surface area (Å²) in [5.74, 6) is 0. The Morgan fingerprint density at radius 2 is 1.88 bits per heavy atom. The topological polar surface area (TPSA) is 60.9 Å². The summed E-state index contributed by atoms with van der Waals surface area (Å²) in [6, 6.07) is 20.1. The average Bonchev–Trinajstić information content (AvgIpc) is 3.16. The van der Waals surface area contributed by atoms with Gasteiger partial charge in [0.2, 0.25) is 0 Å². The van der Waals surface area contributed by atoms with Gasteiger partial charge in [-0.05, 0) is 29.3 Å². The molecule has 4 rings (SSSR count). The molecule has 25 heavy (non-hydrogen) atoms. The SMILES string of the molecule is OC[C@H](Nc1cncc(-c2cccc3[nH]ccc23)c1)c1ccccc1. The molecule has 4 heteroatoms. The Balaban J connectivity index is 1.67. The van der Waals surface area contributed by atoms with Crippen LogP contribution in [0, 0.1) is 0 Å². The van der Waals surface area contributed by atoms with E-state index in [4.69, 9.17) is 0 Å². The second-order valence-electron chi connectivity index (χ2n) is 6.00. The van der Waals surface area contributed by atoms with Crippen LogP contribution in [0.25, 0.3) is 22.0 Å². The molecule has 0 saturated carbocycles. The van der Waals surface area contributed by atoms with Crippen LogP contribution in [0.1, 0.15) is 11.6 Å². The van der Waals surface area contributed by atoms with Crippen LogP contribution in [-0.4, -0.2) is 21.7 Å². The molecule has 0 amide bonds. The summed E-state index contributed by atoms with van der Waals surface area (Å²) < 4.78 is 0. The number of anilines is 1. The predicted octanol–water partition coefficient (Wildman–Crippen LogP) is 4.38. The zero-order valence-electron chi connectivity index (χ0n) is 13.7. The lowest BCUT2D eigenvalue weighted by Gasteiger charge is -2.18. The van der Waals surface area contributed by atoms with Gasteiger partial charge in [-0.25, -0.2) is 0 Å². The molecule has 2 aromatic carbocycles. The number of fused-ring (bicyclic) bond motifs is 1. The first-order valence-electron chi connectivity index (χ1n) is 8.29. The Bertz CT molecular complexity index is 979. The third kappa shape index (κ3) is 3.12. The van der Waals surface area contributed by atoms with Crippen LogP contribution in [0.4, 0.5) is 5.69 Å². The van der Waals surface area contributed by atoms with Crippen LogP contribution >= 0.6 is 0 Å². The fraction of sp³-hybridized carbons (Fsp3) is 0.0952. The smallest absolute Gasteiger partial charge is 0.0745 e. The minimum Gasteiger partial charge on any atom is -0.394 e. The number of H-pyrrole nitrogens is 1. The van der Waals surface area contributed by atoms with Gasteiger partial charge < -0.3 is 15.4 Å². The molecule has 0 saturated heterocycles. The number of aliphatic hydroxyl groups excluding tert-OH is 1. The molecule has 2 aromatic heterocycles. The van der Waals surface area contributed by atoms with Crippen molar-refractivity contribution in [2.45, 2.75) is 6.04 Å². The van der Waals surface area contributed by atoms with E-state index in [0.29, 0.717) is 0 Å². The number of hydrogen-bond acceptors (Lipinski definition) is 3. The van der Waals surface area contributed by atoms with Crippen LogP contribution in [0.2, 0.25) is 0 Å². The number of nitrogens with one attached hydrogen (secondary N) is 2. The second kappa shape index (κ2) is 6.79. The van der Waals surface area contributed by atoms with Gasteiger partial charge in [-0.2, -0.15) is 0 Å². The van der Waals surface area contributed by atoms with E-state index < -0.39 is 0 Å². The molecule has 0 aliphatic rings. The van der Waals surface area contributed by atoms with E-state index in [1.807, 2.05) is 48.8 Å². The highest BCUT2D eigenvalue weighted by molar-refractivity contribution is 5.95. The molecule has 0 fully saturated rings. The second-order valence-corrected chi connectivity index (χ2v) is 6.00. The number of aliphatic hydroxyl groups is 1. The molecule has 0 aliphatic heterocycles. The van der Waals surface area contributed by atoms with Crippen LogP contribution in [0.3, 0.4) is 0 Å². The van der Waals surface area contributed by atoms with Gasteiger partial charge in [0, 0.05) is 35.1 Å². The molecule has 124 valence electrons. The predicted molar refractivity (Wildman–Crippen MR) is 101 cm³/mol. The molecule has 1 atom stereocenters. The third-order valence-corrected chi connectivity index (χ3v) is 4.37. The van der Waals surface area contributed by atoms with Crippen molar-refractivity contribution in [3.8, 4) is 11.1 Å². The van der Waals surface area contributed by atoms with E-state index in [1.165, 1.54) is 5.39 Å². The van der Waals surface area contributed by atoms with Gasteiger partial charge in [0.15, 0.2) is 0 Å². The van der Waals surface area contributed by atoms with Crippen LogP contribution in [0.5, 0.6) is 0 Å². The Morgan fingerprint density at radius 3 is 2.72 bits per heavy atom. The molecule has 0 spiro atoms. The van der Waals surface area contributed by atoms with Crippen molar-refractivity contribution >= 4 is 16.6 Å². The number of hydrogen-bond donors (Lipinski definition) is 3. The molecule has 0 bridgehead atoms. The molecular formula is C21H19N3O. The summed E-state index contributed by atoms with van der Waals surface area (Å²) >= 11 is 0. The summed E-state index contributed by atoms with van der Waals surface area (Å²) in [4.78, 5) is 7.62. The average molecular weight is 329 g/mol. The highest BCUT2D eigenvalue weighted by Gasteiger charge is 2.11. The maximum Gasteiger partial charge on any atom is 0.0745 e. The molecule has 4 aromatic rings. The zero-order valence-corrected chi connectivity index (χ0v) is 13.7. The summed E-state index contributed by atoms with van der Waals surface area (Å²) in [5.41, 5.74) is 5.21. The van der Waals surface area contributed by atoms with Gasteiger partial charge in [-0.1, -0.05) is 42.5 Å². The van der Waals surface area contributed by atoms with Gasteiger partial charge >= 0.3 is 0 Å². The van der Waals surface area contributed by atoms with Crippen LogP contribution < -0.4 is 5.32 Å². The van der Waals surface area contributed by atoms with Crippen LogP contribution in [-0.2, 0) is 0 Å². The molecule has 0 radical (unpaired) electrons. The normalized spacial score (nSPS) is 12.2. The largest absolute Gasteiger partial charge is 0.394 e. The summed E-state index contributed by atoms with van der Waals surface area (Å²) in [6.45, 7) is 0.0155. The van der Waals surface area contributed by atoms with Gasteiger partial charge in [0.1, 0.15) is 0 Å². The Labute approximate surface area is 146 Å². The van der Waals surface area contributed by atoms with E-state index in [9.17, 15) is 5.11 Å². The molecule has 2 heterocycles. The fourth-order valence-electron chi connectivity index (χ4n) is 3.12. The number of aromatic amines is 1. The standard InChI is InChI=1S/C21H19N3O/c25-14-21(15-5-2-1-3-6-15)24-17-11-16(12-22-13-17)18-7-4-8-20-19(18)9-10-23-20/h1-13,21,23-25H,14H2/t21-/m0/s1. The van der Waals surface area contributed by atoms with Gasteiger partial charge in [0.25, 0.3) is 0 Å². The van der Waals surface area contributed by atoms with Gasteiger partial charge in [0.05, 0.1) is 18.3 Å². The van der Waals surface area contributed by atoms with E-state index in [1.54, 1.807) is 6.20 Å². The first-order valence-corrected chi connectivity index (χ1v) is 8.29. The first kappa shape index (κ1) is 15.4. The summed E-state index contributed by atoms with van der Waals surface area (Å²) in [6.07, 6.45) is 5.59. The fourth-order valence-corrected chi connectivity index (χ4v) is 3.12. The van der Waals surface area contributed by atoms with E-state index >= 15 is 0 Å². The van der Waals surface area contributed by atoms with Crippen molar-refractivity contribution in [2.75, 3.05) is 11.9 Å². The lowest BCUT2D eigenvalue weighted by Crippen LogP contribution is -2.14. The quantitative estimate of drug-likeness (QED) is 0.509. The van der Waals surface area contributed by atoms with Crippen molar-refractivity contribution in [2.24, 2.45) is 0 Å². The van der Waals surface area contributed by atoms with E-state index in [0.717, 1.165) is 27.9 Å². The molecule has 0 unspecified atom stereocenters. The number of benzene rings is 2. The highest BCUT2D eigenvalue weighted by Crippen LogP contribution is 2.30. The molecule has 0 aliphatic carbocycles. The zero-order chi connectivity index (χ0) is 17.1. The van der Waals surface area contributed by atoms with E-state index in [2.05, 4.69) is 39.6 Å². The summed E-state index contributed by atoms with van der Waals surface area (Å²) in [5, 5.41) is 14.3. The Hall–Kier alpha value is -3.11. The number of pyridine rings is 1. The van der Waals surface area contributed by atoms with Crippen molar-refractivity contribution < 1.29 is 5.11 Å². The maximum atomic E-state index is 9.75. The van der Waals surface area contributed by atoms with Crippen molar-refractivity contribution in [1.29, 1.82) is 0 Å². The summed E-state index contributed by atoms with van der Waals surface area (Å²) in [7, 11) is 0. The molecular weight excluding hydrogens is 310 g/mol. The minimum absolute atomic E-state index is 0.0155. The van der Waals surface area contributed by atoms with Crippen LogP contribution in [0.15, 0.2) is 79.3 Å². The first-order chi connectivity index (χ1) is 12.3. The lowest BCUT2D eigenvalue weighted by atomic mass is 10.0. The monoisotopic (exact) mass is 329 g/mol. The third-order valence-electron chi connectivity index (χ3n) is 4.37. The number of nitrogens with zero attached hydrogens (tertiary/aromatic N) is 1. The van der Waals surface area contributed by atoms with E-state index in [-0.39, 0.29) is 12.6 Å². The molecule has 4 nitrogen and oxygen atoms in total. The maximum absolute atomic E-state index is 9.75. The van der Waals surface area contributed by atoms with Crippen molar-refractivity contribution in [3.63, 3.8) is 0 Å². The van der Waals surface area contributed by atoms with Crippen molar-refractivity contribution in [1.82, 2.24) is 9.97 Å². The Morgan fingerprint density at radius 1 is 1.00 bits per heavy atom. The Kier molecular flexibility index (Phi) is 4.19. The minimum atomic E-state index is -0.165.